The van der Waals surface area contributed by atoms with Crippen LogP contribution in [0.1, 0.15) is 37.8 Å². The maximum Gasteiger partial charge on any atom is 0.230 e. The third-order valence-corrected chi connectivity index (χ3v) is 7.92. The Morgan fingerprint density at radius 3 is 2.28 bits per heavy atom. The Bertz CT molecular complexity index is 2200. The number of rotatable bonds is 7. The molecule has 0 saturated carbocycles. The molecule has 5 aromatic carbocycles. The molecule has 230 valence electrons. The number of pyridine rings is 1. The summed E-state index contributed by atoms with van der Waals surface area (Å²) in [5.41, 5.74) is 8.35. The van der Waals surface area contributed by atoms with E-state index in [1.54, 1.807) is 12.1 Å². The van der Waals surface area contributed by atoms with Crippen molar-refractivity contribution < 1.29 is 36.4 Å². The molecule has 7 rings (SSSR count). The molecule has 0 spiro atoms. The van der Waals surface area contributed by atoms with Gasteiger partial charge < -0.3 is 9.52 Å². The molecule has 4 nitrogen and oxygen atoms in total. The second-order valence-electron chi connectivity index (χ2n) is 11.3. The summed E-state index contributed by atoms with van der Waals surface area (Å²) in [6, 6.07) is 39.6. The van der Waals surface area contributed by atoms with Crippen LogP contribution in [-0.2, 0) is 27.5 Å². The normalized spacial score (nSPS) is 11.7. The van der Waals surface area contributed by atoms with Gasteiger partial charge in [-0.15, -0.1) is 29.3 Å². The van der Waals surface area contributed by atoms with Crippen LogP contribution < -0.4 is 0 Å². The van der Waals surface area contributed by atoms with E-state index in [9.17, 15) is 9.50 Å². The van der Waals surface area contributed by atoms with Crippen LogP contribution in [0.5, 0.6) is 5.75 Å². The first kappa shape index (κ1) is 29.8. The van der Waals surface area contributed by atoms with Gasteiger partial charge in [-0.1, -0.05) is 110 Å². The minimum absolute atomic E-state index is 0. The number of halogens is 1. The molecule has 0 aliphatic carbocycles. The topological polar surface area (TPSA) is 59.2 Å². The number of phenolic OH excluding ortho intramolecular Hbond substituents is 1. The minimum Gasteiger partial charge on any atom is -0.507 e. The number of fused-ring (bicyclic) bond motifs is 1. The van der Waals surface area contributed by atoms with E-state index in [0.717, 1.165) is 27.8 Å². The van der Waals surface area contributed by atoms with Crippen molar-refractivity contribution in [2.75, 3.05) is 0 Å². The number of aromatic hydroxyl groups is 1. The fourth-order valence-electron chi connectivity index (χ4n) is 5.55. The van der Waals surface area contributed by atoms with Crippen molar-refractivity contribution in [1.82, 2.24) is 9.97 Å². The molecule has 0 saturated heterocycles. The number of nitrogens with zero attached hydrogens (tertiary/aromatic N) is 2. The average Bonchev–Trinajstić information content (AvgIpc) is 3.50. The standard InChI is InChI=1S/C40H30FN2O2.Pt/c1-25(2)29-20-30(22-31(21-29)36-23-34(35(41)24-42-36)28-12-7-4-8-13-28)32-14-9-15-38-39(32)43-40(45-38)33-17-16-27(19-37(33)44)18-26-10-5-3-6-11-26;/h3-17,19-21,23-25,44H,18H2,1-2H3;/q-1;/i25D;. The van der Waals surface area contributed by atoms with Crippen LogP contribution in [0.3, 0.4) is 0 Å². The molecule has 0 radical (unpaired) electrons. The minimum atomic E-state index is -0.933. The van der Waals surface area contributed by atoms with Crippen LogP contribution in [0.2, 0.25) is 0 Å². The summed E-state index contributed by atoms with van der Waals surface area (Å²) in [6.45, 7) is 3.64. The Balaban J connectivity index is 0.00000386. The van der Waals surface area contributed by atoms with E-state index in [0.29, 0.717) is 51.4 Å². The Labute approximate surface area is 283 Å². The maximum atomic E-state index is 14.9. The van der Waals surface area contributed by atoms with Gasteiger partial charge in [-0.2, -0.15) is 0 Å². The molecule has 0 unspecified atom stereocenters. The van der Waals surface area contributed by atoms with E-state index < -0.39 is 11.7 Å². The summed E-state index contributed by atoms with van der Waals surface area (Å²) in [5.74, 6) is -0.957. The van der Waals surface area contributed by atoms with Crippen molar-refractivity contribution in [3.05, 3.63) is 150 Å². The van der Waals surface area contributed by atoms with E-state index >= 15 is 0 Å². The predicted molar refractivity (Wildman–Crippen MR) is 177 cm³/mol. The molecular formula is C40H30FN2O2Pt-. The number of oxazole rings is 1. The number of aromatic nitrogens is 2. The van der Waals surface area contributed by atoms with Crippen molar-refractivity contribution in [1.29, 1.82) is 0 Å². The monoisotopic (exact) mass is 785 g/mol. The first-order valence-electron chi connectivity index (χ1n) is 15.3. The molecule has 1 N–H and O–H groups in total. The largest absolute Gasteiger partial charge is 0.507 e. The molecule has 0 atom stereocenters. The van der Waals surface area contributed by atoms with Crippen molar-refractivity contribution >= 4 is 11.1 Å². The summed E-state index contributed by atoms with van der Waals surface area (Å²) in [7, 11) is 0. The average molecular weight is 786 g/mol. The number of phenols is 1. The molecule has 0 fully saturated rings. The molecule has 0 aliphatic heterocycles. The number of hydrogen-bond acceptors (Lipinski definition) is 4. The number of hydrogen-bond donors (Lipinski definition) is 1. The second kappa shape index (κ2) is 13.2. The summed E-state index contributed by atoms with van der Waals surface area (Å²) in [4.78, 5) is 9.25. The van der Waals surface area contributed by atoms with Gasteiger partial charge in [0.25, 0.3) is 0 Å². The zero-order chi connectivity index (χ0) is 31.8. The van der Waals surface area contributed by atoms with Crippen molar-refractivity contribution in [3.63, 3.8) is 0 Å². The van der Waals surface area contributed by atoms with E-state index in [1.165, 1.54) is 6.20 Å². The van der Waals surface area contributed by atoms with Crippen molar-refractivity contribution in [2.24, 2.45) is 0 Å². The van der Waals surface area contributed by atoms with Gasteiger partial charge in [-0.05, 0) is 47.2 Å². The summed E-state index contributed by atoms with van der Waals surface area (Å²) in [5, 5.41) is 11.0. The van der Waals surface area contributed by atoms with Crippen molar-refractivity contribution in [2.45, 2.75) is 26.2 Å². The van der Waals surface area contributed by atoms with Gasteiger partial charge in [0.05, 0.1) is 17.3 Å². The molecule has 6 heteroatoms. The fraction of sp³-hybridized carbons (Fsp3) is 0.100. The van der Waals surface area contributed by atoms with Gasteiger partial charge in [-0.25, -0.2) is 9.37 Å². The Morgan fingerprint density at radius 2 is 1.54 bits per heavy atom. The zero-order valence-electron chi connectivity index (χ0n) is 26.2. The molecule has 2 aromatic heterocycles. The Kier molecular flexibility index (Phi) is 8.59. The van der Waals surface area contributed by atoms with Crippen LogP contribution in [-0.4, -0.2) is 15.1 Å². The second-order valence-corrected chi connectivity index (χ2v) is 11.3. The van der Waals surface area contributed by atoms with Gasteiger partial charge in [0.15, 0.2) is 0 Å². The fourth-order valence-corrected chi connectivity index (χ4v) is 5.55. The quantitative estimate of drug-likeness (QED) is 0.164. The Hall–Kier alpha value is -4.86. The zero-order valence-corrected chi connectivity index (χ0v) is 27.5. The van der Waals surface area contributed by atoms with E-state index in [-0.39, 0.29) is 26.8 Å². The first-order valence-corrected chi connectivity index (χ1v) is 14.8. The number of para-hydroxylation sites is 1. The summed E-state index contributed by atoms with van der Waals surface area (Å²) in [6.07, 6.45) is 1.93. The molecule has 0 aliphatic rings. The van der Waals surface area contributed by atoms with Crippen LogP contribution in [0, 0.1) is 11.9 Å². The SMILES string of the molecule is [2H]C(C)(C)c1cc(-c2cc(-c3ccccc3)c(F)cn2)[c-]c(-c2cccc3oc(-c4ccc(Cc5ccccc5)cc4O)nc23)c1.[Pt]. The smallest absolute Gasteiger partial charge is 0.230 e. The van der Waals surface area contributed by atoms with Gasteiger partial charge in [0, 0.05) is 33.7 Å². The van der Waals surface area contributed by atoms with Crippen LogP contribution in [0.15, 0.2) is 126 Å². The van der Waals surface area contributed by atoms with Crippen molar-refractivity contribution in [3.8, 4) is 50.7 Å². The first-order chi connectivity index (χ1) is 22.2. The van der Waals surface area contributed by atoms with Crippen LogP contribution >= 0.6 is 0 Å². The third kappa shape index (κ3) is 6.29. The van der Waals surface area contributed by atoms with Gasteiger partial charge in [-0.3, -0.25) is 4.98 Å². The van der Waals surface area contributed by atoms with Gasteiger partial charge >= 0.3 is 0 Å². The summed E-state index contributed by atoms with van der Waals surface area (Å²) >= 11 is 0. The maximum absolute atomic E-state index is 14.9. The molecule has 0 bridgehead atoms. The molecule has 0 amide bonds. The van der Waals surface area contributed by atoms with Crippen LogP contribution in [0.25, 0.3) is 56.1 Å². The molecule has 46 heavy (non-hydrogen) atoms. The predicted octanol–water partition coefficient (Wildman–Crippen LogP) is 10.2. The number of benzene rings is 5. The van der Waals surface area contributed by atoms with E-state index in [1.807, 2.05) is 105 Å². The van der Waals surface area contributed by atoms with E-state index in [4.69, 9.17) is 10.8 Å². The third-order valence-electron chi connectivity index (χ3n) is 7.92. The van der Waals surface area contributed by atoms with Crippen LogP contribution in [0.4, 0.5) is 4.39 Å². The molecule has 2 heterocycles. The van der Waals surface area contributed by atoms with Gasteiger partial charge in [0.2, 0.25) is 5.89 Å². The van der Waals surface area contributed by atoms with Gasteiger partial charge in [0.1, 0.15) is 17.1 Å². The Morgan fingerprint density at radius 1 is 0.804 bits per heavy atom. The summed E-state index contributed by atoms with van der Waals surface area (Å²) < 4.78 is 29.9. The van der Waals surface area contributed by atoms with E-state index in [2.05, 4.69) is 23.2 Å². The molecule has 7 aromatic rings. The molecular weight excluding hydrogens is 755 g/mol.